The van der Waals surface area contributed by atoms with Gasteiger partial charge in [0.05, 0.1) is 6.10 Å². The second-order valence-electron chi connectivity index (χ2n) is 2.82. The zero-order chi connectivity index (χ0) is 8.85. The van der Waals surface area contributed by atoms with Crippen LogP contribution in [0.25, 0.3) is 0 Å². The number of hydrogen-bond acceptors (Lipinski definition) is 3. The summed E-state index contributed by atoms with van der Waals surface area (Å²) in [5.41, 5.74) is 5.31. The first-order chi connectivity index (χ1) is 5.07. The summed E-state index contributed by atoms with van der Waals surface area (Å²) in [4.78, 5) is 10.9. The zero-order valence-electron chi connectivity index (χ0n) is 7.46. The Morgan fingerprint density at radius 1 is 1.55 bits per heavy atom. The molecule has 0 amide bonds. The summed E-state index contributed by atoms with van der Waals surface area (Å²) in [5, 5.41) is 0. The SMILES string of the molecule is CCCC(C)OC(=O)[C@@H](C)N. The summed E-state index contributed by atoms with van der Waals surface area (Å²) >= 11 is 0. The van der Waals surface area contributed by atoms with Crippen molar-refractivity contribution in [3.05, 3.63) is 0 Å². The fourth-order valence-electron chi connectivity index (χ4n) is 0.771. The Morgan fingerprint density at radius 3 is 2.45 bits per heavy atom. The fourth-order valence-corrected chi connectivity index (χ4v) is 0.771. The maximum absolute atomic E-state index is 10.9. The van der Waals surface area contributed by atoms with Gasteiger partial charge in [-0.25, -0.2) is 0 Å². The van der Waals surface area contributed by atoms with E-state index in [0.29, 0.717) is 0 Å². The molecule has 0 fully saturated rings. The average Bonchev–Trinajstić information content (AvgIpc) is 1.87. The first-order valence-corrected chi connectivity index (χ1v) is 4.04. The Balaban J connectivity index is 3.57. The molecule has 0 aliphatic heterocycles. The molecule has 1 unspecified atom stereocenters. The molecule has 66 valence electrons. The summed E-state index contributed by atoms with van der Waals surface area (Å²) in [5.74, 6) is -0.314. The third kappa shape index (κ3) is 4.79. The van der Waals surface area contributed by atoms with Gasteiger partial charge in [0, 0.05) is 0 Å². The summed E-state index contributed by atoms with van der Waals surface area (Å²) in [7, 11) is 0. The van der Waals surface area contributed by atoms with Crippen LogP contribution in [0.1, 0.15) is 33.6 Å². The van der Waals surface area contributed by atoms with E-state index in [1.807, 2.05) is 6.92 Å². The molecule has 3 heteroatoms. The van der Waals surface area contributed by atoms with Crippen molar-refractivity contribution in [2.45, 2.75) is 45.8 Å². The van der Waals surface area contributed by atoms with Crippen LogP contribution in [0.2, 0.25) is 0 Å². The summed E-state index contributed by atoms with van der Waals surface area (Å²) in [6, 6.07) is -0.505. The first kappa shape index (κ1) is 10.4. The van der Waals surface area contributed by atoms with E-state index in [2.05, 4.69) is 6.92 Å². The van der Waals surface area contributed by atoms with Gasteiger partial charge in [-0.2, -0.15) is 0 Å². The van der Waals surface area contributed by atoms with Gasteiger partial charge < -0.3 is 10.5 Å². The molecular formula is C8H17NO2. The smallest absolute Gasteiger partial charge is 0.322 e. The highest BCUT2D eigenvalue weighted by Crippen LogP contribution is 2.01. The van der Waals surface area contributed by atoms with Crippen molar-refractivity contribution in [2.24, 2.45) is 5.73 Å². The lowest BCUT2D eigenvalue weighted by atomic mass is 10.2. The molecule has 0 aliphatic rings. The number of ether oxygens (including phenoxy) is 1. The Kier molecular flexibility index (Phi) is 4.86. The Hall–Kier alpha value is -0.570. The normalized spacial score (nSPS) is 15.6. The number of rotatable bonds is 4. The van der Waals surface area contributed by atoms with Gasteiger partial charge in [0.25, 0.3) is 0 Å². The van der Waals surface area contributed by atoms with Crippen LogP contribution in [0.15, 0.2) is 0 Å². The lowest BCUT2D eigenvalue weighted by Gasteiger charge is -2.13. The molecule has 2 atom stereocenters. The molecule has 0 aromatic heterocycles. The molecule has 0 aliphatic carbocycles. The first-order valence-electron chi connectivity index (χ1n) is 4.04. The third-order valence-corrected chi connectivity index (χ3v) is 1.38. The Labute approximate surface area is 67.9 Å². The maximum Gasteiger partial charge on any atom is 0.322 e. The van der Waals surface area contributed by atoms with Crippen LogP contribution in [0.3, 0.4) is 0 Å². The second kappa shape index (κ2) is 5.13. The lowest BCUT2D eigenvalue weighted by Crippen LogP contribution is -2.31. The van der Waals surface area contributed by atoms with Gasteiger partial charge in [-0.05, 0) is 20.3 Å². The standard InChI is InChI=1S/C8H17NO2/c1-4-5-6(2)11-8(10)7(3)9/h6-7H,4-5,9H2,1-3H3/t6?,7-/m1/s1. The van der Waals surface area contributed by atoms with E-state index < -0.39 is 6.04 Å². The number of carbonyl (C=O) groups is 1. The summed E-state index contributed by atoms with van der Waals surface area (Å²) in [6.07, 6.45) is 1.92. The molecule has 0 heterocycles. The topological polar surface area (TPSA) is 52.3 Å². The van der Waals surface area contributed by atoms with Gasteiger partial charge in [0.1, 0.15) is 6.04 Å². The molecule has 3 nitrogen and oxygen atoms in total. The van der Waals surface area contributed by atoms with E-state index in [-0.39, 0.29) is 12.1 Å². The predicted molar refractivity (Wildman–Crippen MR) is 44.1 cm³/mol. The summed E-state index contributed by atoms with van der Waals surface area (Å²) in [6.45, 7) is 5.56. The fraction of sp³-hybridized carbons (Fsp3) is 0.875. The Morgan fingerprint density at radius 2 is 2.09 bits per heavy atom. The van der Waals surface area contributed by atoms with E-state index in [0.717, 1.165) is 12.8 Å². The van der Waals surface area contributed by atoms with Crippen molar-refractivity contribution in [3.8, 4) is 0 Å². The monoisotopic (exact) mass is 159 g/mol. The molecule has 0 aromatic carbocycles. The highest BCUT2D eigenvalue weighted by Gasteiger charge is 2.11. The molecule has 11 heavy (non-hydrogen) atoms. The molecular weight excluding hydrogens is 142 g/mol. The predicted octanol–water partition coefficient (Wildman–Crippen LogP) is 1.07. The molecule has 0 radical (unpaired) electrons. The third-order valence-electron chi connectivity index (χ3n) is 1.38. The lowest BCUT2D eigenvalue weighted by molar-refractivity contribution is -0.149. The minimum atomic E-state index is -0.505. The minimum absolute atomic E-state index is 0.00139. The molecule has 2 N–H and O–H groups in total. The molecule has 0 aromatic rings. The number of nitrogens with two attached hydrogens (primary N) is 1. The molecule has 0 spiro atoms. The number of hydrogen-bond donors (Lipinski definition) is 1. The van der Waals surface area contributed by atoms with Gasteiger partial charge in [-0.3, -0.25) is 4.79 Å². The molecule has 0 saturated carbocycles. The maximum atomic E-state index is 10.9. The van der Waals surface area contributed by atoms with Crippen molar-refractivity contribution in [1.29, 1.82) is 0 Å². The van der Waals surface area contributed by atoms with Crippen LogP contribution in [0.5, 0.6) is 0 Å². The summed E-state index contributed by atoms with van der Waals surface area (Å²) < 4.78 is 4.99. The van der Waals surface area contributed by atoms with E-state index >= 15 is 0 Å². The Bertz CT molecular complexity index is 123. The van der Waals surface area contributed by atoms with Gasteiger partial charge >= 0.3 is 5.97 Å². The van der Waals surface area contributed by atoms with E-state index in [1.165, 1.54) is 0 Å². The molecule has 0 bridgehead atoms. The highest BCUT2D eigenvalue weighted by molar-refractivity contribution is 5.75. The zero-order valence-corrected chi connectivity index (χ0v) is 7.46. The van der Waals surface area contributed by atoms with Crippen molar-refractivity contribution in [2.75, 3.05) is 0 Å². The largest absolute Gasteiger partial charge is 0.462 e. The van der Waals surface area contributed by atoms with Crippen molar-refractivity contribution in [1.82, 2.24) is 0 Å². The van der Waals surface area contributed by atoms with Crippen LogP contribution in [0, 0.1) is 0 Å². The van der Waals surface area contributed by atoms with Crippen molar-refractivity contribution in [3.63, 3.8) is 0 Å². The van der Waals surface area contributed by atoms with Gasteiger partial charge in [0.15, 0.2) is 0 Å². The molecule has 0 saturated heterocycles. The minimum Gasteiger partial charge on any atom is -0.462 e. The van der Waals surface area contributed by atoms with E-state index in [4.69, 9.17) is 10.5 Å². The van der Waals surface area contributed by atoms with Gasteiger partial charge in [-0.1, -0.05) is 13.3 Å². The number of esters is 1. The van der Waals surface area contributed by atoms with Crippen LogP contribution < -0.4 is 5.73 Å². The van der Waals surface area contributed by atoms with E-state index in [9.17, 15) is 4.79 Å². The van der Waals surface area contributed by atoms with Crippen LogP contribution in [-0.2, 0) is 9.53 Å². The van der Waals surface area contributed by atoms with E-state index in [1.54, 1.807) is 6.92 Å². The van der Waals surface area contributed by atoms with Gasteiger partial charge in [-0.15, -0.1) is 0 Å². The van der Waals surface area contributed by atoms with Crippen molar-refractivity contribution >= 4 is 5.97 Å². The molecule has 0 rings (SSSR count). The van der Waals surface area contributed by atoms with Crippen LogP contribution >= 0.6 is 0 Å². The van der Waals surface area contributed by atoms with Crippen LogP contribution in [0.4, 0.5) is 0 Å². The van der Waals surface area contributed by atoms with Crippen LogP contribution in [-0.4, -0.2) is 18.1 Å². The quantitative estimate of drug-likeness (QED) is 0.624. The van der Waals surface area contributed by atoms with Gasteiger partial charge in [0.2, 0.25) is 0 Å². The second-order valence-corrected chi connectivity index (χ2v) is 2.82. The highest BCUT2D eigenvalue weighted by atomic mass is 16.5. The average molecular weight is 159 g/mol. The number of carbonyl (C=O) groups excluding carboxylic acids is 1. The van der Waals surface area contributed by atoms with Crippen molar-refractivity contribution < 1.29 is 9.53 Å².